The molecule has 0 unspecified atom stereocenters. The van der Waals surface area contributed by atoms with Crippen LogP contribution in [0.1, 0.15) is 5.69 Å². The summed E-state index contributed by atoms with van der Waals surface area (Å²) in [5, 5.41) is 10.5. The van der Waals surface area contributed by atoms with Crippen LogP contribution in [0.3, 0.4) is 0 Å². The highest BCUT2D eigenvalue weighted by Gasteiger charge is 2.30. The molecule has 1 aliphatic rings. The Balaban J connectivity index is 1.74. The summed E-state index contributed by atoms with van der Waals surface area (Å²) in [5.74, 6) is 2.72. The van der Waals surface area contributed by atoms with Crippen LogP contribution in [-0.2, 0) is 0 Å². The van der Waals surface area contributed by atoms with Gasteiger partial charge in [-0.05, 0) is 19.1 Å². The molecule has 0 radical (unpaired) electrons. The Morgan fingerprint density at radius 3 is 2.58 bits per heavy atom. The average Bonchev–Trinajstić information content (AvgIpc) is 2.57. The molecule has 1 aromatic carbocycles. The van der Waals surface area contributed by atoms with Crippen molar-refractivity contribution in [1.29, 1.82) is 0 Å². The van der Waals surface area contributed by atoms with Crippen molar-refractivity contribution in [3.05, 3.63) is 30.0 Å². The largest absolute Gasteiger partial charge is 0.493 e. The van der Waals surface area contributed by atoms with Crippen molar-refractivity contribution in [3.8, 4) is 11.5 Å². The molecule has 26 heavy (non-hydrogen) atoms. The summed E-state index contributed by atoms with van der Waals surface area (Å²) in [6.45, 7) is 3.66. The second-order valence-corrected chi connectivity index (χ2v) is 6.42. The Morgan fingerprint density at radius 2 is 1.92 bits per heavy atom. The molecule has 3 rings (SSSR count). The minimum absolute atomic E-state index is 0.146. The average molecular weight is 358 g/mol. The number of hydrazine groups is 1. The molecule has 1 fully saturated rings. The fourth-order valence-corrected chi connectivity index (χ4v) is 2.73. The maximum Gasteiger partial charge on any atom is 0.229 e. The molecule has 2 aromatic rings. The Hall–Kier alpha value is -2.58. The summed E-state index contributed by atoms with van der Waals surface area (Å²) in [7, 11) is 7.54. The Bertz CT molecular complexity index is 761. The third-order valence-corrected chi connectivity index (χ3v) is 4.22. The number of nitrogens with one attached hydrogen (secondary N) is 2. The van der Waals surface area contributed by atoms with Crippen LogP contribution in [0.4, 0.5) is 17.5 Å². The van der Waals surface area contributed by atoms with Crippen LogP contribution in [0.5, 0.6) is 11.5 Å². The van der Waals surface area contributed by atoms with E-state index in [1.807, 2.05) is 52.3 Å². The Morgan fingerprint density at radius 1 is 1.15 bits per heavy atom. The smallest absolute Gasteiger partial charge is 0.229 e. The van der Waals surface area contributed by atoms with Crippen LogP contribution < -0.4 is 20.1 Å². The monoisotopic (exact) mass is 358 g/mol. The highest BCUT2D eigenvalue weighted by atomic mass is 16.5. The van der Waals surface area contributed by atoms with Gasteiger partial charge in [-0.2, -0.15) is 4.98 Å². The van der Waals surface area contributed by atoms with Gasteiger partial charge in [0.15, 0.2) is 11.5 Å². The number of methoxy groups -OCH3 is 1. The van der Waals surface area contributed by atoms with Gasteiger partial charge in [0.1, 0.15) is 11.9 Å². The van der Waals surface area contributed by atoms with E-state index in [-0.39, 0.29) is 6.10 Å². The zero-order chi connectivity index (χ0) is 18.7. The first-order chi connectivity index (χ1) is 12.5. The Labute approximate surface area is 154 Å². The standard InChI is InChI=1S/C18H26N6O2/c1-12-8-17(19-2)22-18(20-12)21-13-6-7-15(25-5)16(9-13)26-14-10-24(11-14)23(3)4/h6-9,14H,10-11H2,1-5H3,(H2,19,20,21,22). The molecular formula is C18H26N6O2. The lowest BCUT2D eigenvalue weighted by Gasteiger charge is -2.42. The van der Waals surface area contributed by atoms with Crippen LogP contribution in [0, 0.1) is 6.92 Å². The van der Waals surface area contributed by atoms with Gasteiger partial charge in [-0.3, -0.25) is 0 Å². The summed E-state index contributed by atoms with van der Waals surface area (Å²) < 4.78 is 11.5. The first-order valence-corrected chi connectivity index (χ1v) is 8.56. The first kappa shape index (κ1) is 18.2. The van der Waals surface area contributed by atoms with Gasteiger partial charge in [0.25, 0.3) is 0 Å². The summed E-state index contributed by atoms with van der Waals surface area (Å²) in [6, 6.07) is 7.61. The van der Waals surface area contributed by atoms with Gasteiger partial charge < -0.3 is 20.1 Å². The van der Waals surface area contributed by atoms with E-state index in [4.69, 9.17) is 9.47 Å². The van der Waals surface area contributed by atoms with Gasteiger partial charge >= 0.3 is 0 Å². The quantitative estimate of drug-likeness (QED) is 0.780. The molecule has 140 valence electrons. The summed E-state index contributed by atoms with van der Waals surface area (Å²) in [5.41, 5.74) is 1.73. The minimum atomic E-state index is 0.146. The molecule has 0 saturated carbocycles. The van der Waals surface area contributed by atoms with Crippen molar-refractivity contribution in [1.82, 2.24) is 20.0 Å². The number of hydrogen-bond acceptors (Lipinski definition) is 8. The number of aryl methyl sites for hydroxylation is 1. The Kier molecular flexibility index (Phi) is 5.43. The highest BCUT2D eigenvalue weighted by molar-refractivity contribution is 5.60. The van der Waals surface area contributed by atoms with Crippen LogP contribution in [0.25, 0.3) is 0 Å². The van der Waals surface area contributed by atoms with Crippen molar-refractivity contribution >= 4 is 17.5 Å². The number of ether oxygens (including phenoxy) is 2. The number of benzene rings is 1. The minimum Gasteiger partial charge on any atom is -0.493 e. The second-order valence-electron chi connectivity index (χ2n) is 6.42. The van der Waals surface area contributed by atoms with Crippen molar-refractivity contribution in [2.24, 2.45) is 0 Å². The zero-order valence-corrected chi connectivity index (χ0v) is 15.9. The number of rotatable bonds is 7. The maximum absolute atomic E-state index is 6.11. The van der Waals surface area contributed by atoms with E-state index >= 15 is 0 Å². The molecule has 2 heterocycles. The summed E-state index contributed by atoms with van der Waals surface area (Å²) >= 11 is 0. The fourth-order valence-electron chi connectivity index (χ4n) is 2.73. The van der Waals surface area contributed by atoms with Crippen LogP contribution >= 0.6 is 0 Å². The third-order valence-electron chi connectivity index (χ3n) is 4.22. The predicted octanol–water partition coefficient (Wildman–Crippen LogP) is 2.12. The van der Waals surface area contributed by atoms with Crippen LogP contribution in [0.15, 0.2) is 24.3 Å². The summed E-state index contributed by atoms with van der Waals surface area (Å²) in [6.07, 6.45) is 0.146. The second kappa shape index (κ2) is 7.76. The van der Waals surface area contributed by atoms with E-state index in [9.17, 15) is 0 Å². The van der Waals surface area contributed by atoms with Gasteiger partial charge in [-0.15, -0.1) is 0 Å². The predicted molar refractivity (Wildman–Crippen MR) is 102 cm³/mol. The molecule has 1 saturated heterocycles. The van der Waals surface area contributed by atoms with Crippen LogP contribution in [-0.4, -0.2) is 67.4 Å². The first-order valence-electron chi connectivity index (χ1n) is 8.56. The maximum atomic E-state index is 6.11. The molecule has 0 atom stereocenters. The van der Waals surface area contributed by atoms with Crippen molar-refractivity contribution in [3.63, 3.8) is 0 Å². The van der Waals surface area contributed by atoms with Gasteiger partial charge in [0.2, 0.25) is 5.95 Å². The van der Waals surface area contributed by atoms with Gasteiger partial charge in [0.05, 0.1) is 20.2 Å². The van der Waals surface area contributed by atoms with Crippen LogP contribution in [0.2, 0.25) is 0 Å². The number of hydrogen-bond donors (Lipinski definition) is 2. The van der Waals surface area contributed by atoms with Gasteiger partial charge in [-0.1, -0.05) is 0 Å². The van der Waals surface area contributed by atoms with E-state index in [1.54, 1.807) is 7.11 Å². The molecular weight excluding hydrogens is 332 g/mol. The van der Waals surface area contributed by atoms with E-state index in [0.717, 1.165) is 30.3 Å². The normalized spacial score (nSPS) is 14.8. The van der Waals surface area contributed by atoms with E-state index in [2.05, 4.69) is 30.6 Å². The topological polar surface area (TPSA) is 74.8 Å². The molecule has 8 heteroatoms. The molecule has 1 aromatic heterocycles. The lowest BCUT2D eigenvalue weighted by atomic mass is 10.2. The molecule has 0 amide bonds. The van der Waals surface area contributed by atoms with Gasteiger partial charge in [-0.25, -0.2) is 15.0 Å². The number of aromatic nitrogens is 2. The molecule has 1 aliphatic heterocycles. The molecule has 2 N–H and O–H groups in total. The molecule has 8 nitrogen and oxygen atoms in total. The lowest BCUT2D eigenvalue weighted by Crippen LogP contribution is -2.58. The molecule has 0 bridgehead atoms. The van der Waals surface area contributed by atoms with E-state index < -0.39 is 0 Å². The molecule has 0 spiro atoms. The summed E-state index contributed by atoms with van der Waals surface area (Å²) in [4.78, 5) is 8.84. The fraction of sp³-hybridized carbons (Fsp3) is 0.444. The third kappa shape index (κ3) is 4.14. The number of anilines is 3. The number of nitrogens with zero attached hydrogens (tertiary/aromatic N) is 4. The molecule has 0 aliphatic carbocycles. The van der Waals surface area contributed by atoms with Gasteiger partial charge in [0, 0.05) is 44.7 Å². The zero-order valence-electron chi connectivity index (χ0n) is 15.9. The lowest BCUT2D eigenvalue weighted by molar-refractivity contribution is -0.101. The van der Waals surface area contributed by atoms with Crippen molar-refractivity contribution in [2.75, 3.05) is 52.0 Å². The van der Waals surface area contributed by atoms with Crippen molar-refractivity contribution < 1.29 is 9.47 Å². The SMILES string of the molecule is CNc1cc(C)nc(Nc2ccc(OC)c(OC3CN(N(C)C)C3)c2)n1. The van der Waals surface area contributed by atoms with E-state index in [0.29, 0.717) is 17.4 Å². The van der Waals surface area contributed by atoms with Crippen molar-refractivity contribution in [2.45, 2.75) is 13.0 Å². The van der Waals surface area contributed by atoms with E-state index in [1.165, 1.54) is 0 Å². The highest BCUT2D eigenvalue weighted by Crippen LogP contribution is 2.33.